The molecule has 0 aliphatic carbocycles. The van der Waals surface area contributed by atoms with Crippen molar-refractivity contribution in [1.29, 1.82) is 0 Å². The molecule has 0 radical (unpaired) electrons. The van der Waals surface area contributed by atoms with E-state index in [9.17, 15) is 9.18 Å². The van der Waals surface area contributed by atoms with Gasteiger partial charge in [-0.2, -0.15) is 0 Å². The third-order valence-corrected chi connectivity index (χ3v) is 6.38. The van der Waals surface area contributed by atoms with Gasteiger partial charge in [-0.15, -0.1) is 0 Å². The van der Waals surface area contributed by atoms with E-state index in [1.54, 1.807) is 0 Å². The van der Waals surface area contributed by atoms with Gasteiger partial charge in [-0.25, -0.2) is 4.39 Å². The van der Waals surface area contributed by atoms with Crippen molar-refractivity contribution in [3.05, 3.63) is 63.9 Å². The van der Waals surface area contributed by atoms with Crippen molar-refractivity contribution in [2.45, 2.75) is 18.9 Å². The number of carbonyl (C=O) groups is 1. The number of rotatable bonds is 3. The van der Waals surface area contributed by atoms with Gasteiger partial charge < -0.3 is 9.80 Å². The molecular weight excluding hydrogens is 412 g/mol. The molecule has 0 spiro atoms. The van der Waals surface area contributed by atoms with Crippen LogP contribution < -0.4 is 4.90 Å². The summed E-state index contributed by atoms with van der Waals surface area (Å²) in [6.45, 7) is 5.23. The highest BCUT2D eigenvalue weighted by atomic mass is 35.5. The number of anilines is 1. The lowest BCUT2D eigenvalue weighted by molar-refractivity contribution is 0.0563. The number of nitrogens with zero attached hydrogens (tertiary/aromatic N) is 3. The summed E-state index contributed by atoms with van der Waals surface area (Å²) in [4.78, 5) is 19.6. The maximum absolute atomic E-state index is 13.4. The van der Waals surface area contributed by atoms with Crippen molar-refractivity contribution in [1.82, 2.24) is 9.80 Å². The van der Waals surface area contributed by atoms with Crippen LogP contribution in [0.5, 0.6) is 0 Å². The summed E-state index contributed by atoms with van der Waals surface area (Å²) in [7, 11) is 0. The number of piperidine rings is 1. The van der Waals surface area contributed by atoms with Gasteiger partial charge in [-0.3, -0.25) is 9.69 Å². The standard InChI is InChI=1S/C22H24Cl2FN3O/c23-17-3-1-4-18(14-17)26-9-11-27(12-10-26)19-5-2-8-28(15-19)22(29)16-6-7-21(25)20(24)13-16/h1,3-4,6-7,13-14,19H,2,5,8-12,15H2. The molecule has 1 unspecified atom stereocenters. The Bertz CT molecular complexity index is 886. The third-order valence-electron chi connectivity index (χ3n) is 5.85. The first-order valence-electron chi connectivity index (χ1n) is 10.00. The zero-order chi connectivity index (χ0) is 20.4. The number of carbonyl (C=O) groups excluding carboxylic acids is 1. The molecule has 2 aliphatic rings. The molecule has 1 atom stereocenters. The molecule has 2 aliphatic heterocycles. The highest BCUT2D eigenvalue weighted by molar-refractivity contribution is 6.31. The van der Waals surface area contributed by atoms with E-state index >= 15 is 0 Å². The maximum Gasteiger partial charge on any atom is 0.253 e. The van der Waals surface area contributed by atoms with Gasteiger partial charge in [0.25, 0.3) is 5.91 Å². The molecule has 0 N–H and O–H groups in total. The second kappa shape index (κ2) is 8.90. The summed E-state index contributed by atoms with van der Waals surface area (Å²) in [5.41, 5.74) is 1.61. The average molecular weight is 436 g/mol. The summed E-state index contributed by atoms with van der Waals surface area (Å²) >= 11 is 12.0. The monoisotopic (exact) mass is 435 g/mol. The van der Waals surface area contributed by atoms with Crippen LogP contribution in [0.25, 0.3) is 0 Å². The molecule has 0 saturated carbocycles. The van der Waals surface area contributed by atoms with Crippen LogP contribution in [0.1, 0.15) is 23.2 Å². The molecule has 29 heavy (non-hydrogen) atoms. The molecule has 2 fully saturated rings. The first kappa shape index (κ1) is 20.5. The largest absolute Gasteiger partial charge is 0.369 e. The highest BCUT2D eigenvalue weighted by Gasteiger charge is 2.30. The molecule has 2 saturated heterocycles. The second-order valence-electron chi connectivity index (χ2n) is 7.68. The molecule has 2 aromatic carbocycles. The normalized spacial score (nSPS) is 20.7. The summed E-state index contributed by atoms with van der Waals surface area (Å²) in [6, 6.07) is 12.5. The molecule has 2 heterocycles. The van der Waals surface area contributed by atoms with Crippen molar-refractivity contribution < 1.29 is 9.18 Å². The van der Waals surface area contributed by atoms with Crippen LogP contribution >= 0.6 is 23.2 Å². The molecule has 154 valence electrons. The Kier molecular flexibility index (Phi) is 6.28. The van der Waals surface area contributed by atoms with Crippen molar-refractivity contribution in [3.8, 4) is 0 Å². The second-order valence-corrected chi connectivity index (χ2v) is 8.52. The van der Waals surface area contributed by atoms with Crippen molar-refractivity contribution in [2.24, 2.45) is 0 Å². The lowest BCUT2D eigenvalue weighted by atomic mass is 10.0. The fraction of sp³-hybridized carbons (Fsp3) is 0.409. The first-order valence-corrected chi connectivity index (χ1v) is 10.8. The van der Waals surface area contributed by atoms with E-state index in [-0.39, 0.29) is 10.9 Å². The zero-order valence-electron chi connectivity index (χ0n) is 16.2. The van der Waals surface area contributed by atoms with Crippen molar-refractivity contribution in [3.63, 3.8) is 0 Å². The molecule has 0 bridgehead atoms. The molecule has 2 aromatic rings. The molecule has 4 nitrogen and oxygen atoms in total. The lowest BCUT2D eigenvalue weighted by Gasteiger charge is -2.44. The van der Waals surface area contributed by atoms with Crippen LogP contribution in [0.15, 0.2) is 42.5 Å². The number of halogens is 3. The van der Waals surface area contributed by atoms with Crippen LogP contribution in [0.2, 0.25) is 10.0 Å². The van der Waals surface area contributed by atoms with Gasteiger partial charge in [0.15, 0.2) is 0 Å². The summed E-state index contributed by atoms with van der Waals surface area (Å²) in [5.74, 6) is -0.577. The smallest absolute Gasteiger partial charge is 0.253 e. The summed E-state index contributed by atoms with van der Waals surface area (Å²) in [6.07, 6.45) is 2.06. The number of hydrogen-bond acceptors (Lipinski definition) is 3. The van der Waals surface area contributed by atoms with Gasteiger partial charge in [0.2, 0.25) is 0 Å². The summed E-state index contributed by atoms with van der Waals surface area (Å²) < 4.78 is 13.4. The van der Waals surface area contributed by atoms with Gasteiger partial charge in [0.05, 0.1) is 5.02 Å². The predicted octanol–water partition coefficient (Wildman–Crippen LogP) is 4.56. The highest BCUT2D eigenvalue weighted by Crippen LogP contribution is 2.24. The van der Waals surface area contributed by atoms with Crippen LogP contribution in [-0.2, 0) is 0 Å². The molecule has 0 aromatic heterocycles. The topological polar surface area (TPSA) is 26.8 Å². The van der Waals surface area contributed by atoms with Crippen LogP contribution in [0, 0.1) is 5.82 Å². The molecule has 1 amide bonds. The van der Waals surface area contributed by atoms with Gasteiger partial charge in [-0.1, -0.05) is 29.3 Å². The maximum atomic E-state index is 13.4. The van der Waals surface area contributed by atoms with E-state index in [4.69, 9.17) is 23.2 Å². The number of piperazine rings is 1. The van der Waals surface area contributed by atoms with E-state index in [2.05, 4.69) is 15.9 Å². The van der Waals surface area contributed by atoms with E-state index in [0.717, 1.165) is 56.3 Å². The Hall–Kier alpha value is -1.82. The minimum Gasteiger partial charge on any atom is -0.369 e. The minimum absolute atomic E-state index is 0.0125. The molecular formula is C22H24Cl2FN3O. The van der Waals surface area contributed by atoms with Gasteiger partial charge in [0.1, 0.15) is 5.82 Å². The van der Waals surface area contributed by atoms with Crippen LogP contribution in [0.3, 0.4) is 0 Å². The van der Waals surface area contributed by atoms with Crippen molar-refractivity contribution in [2.75, 3.05) is 44.2 Å². The quantitative estimate of drug-likeness (QED) is 0.706. The average Bonchev–Trinajstić information content (AvgIpc) is 2.75. The van der Waals surface area contributed by atoms with E-state index in [0.29, 0.717) is 18.2 Å². The Morgan fingerprint density at radius 1 is 1.00 bits per heavy atom. The number of benzene rings is 2. The fourth-order valence-electron chi connectivity index (χ4n) is 4.27. The number of hydrogen-bond donors (Lipinski definition) is 0. The van der Waals surface area contributed by atoms with Gasteiger partial charge >= 0.3 is 0 Å². The van der Waals surface area contributed by atoms with Gasteiger partial charge in [0, 0.05) is 61.6 Å². The fourth-order valence-corrected chi connectivity index (χ4v) is 4.63. The summed E-state index contributed by atoms with van der Waals surface area (Å²) in [5, 5.41) is 0.744. The van der Waals surface area contributed by atoms with Crippen LogP contribution in [-0.4, -0.2) is 61.0 Å². The predicted molar refractivity (Wildman–Crippen MR) is 116 cm³/mol. The lowest BCUT2D eigenvalue weighted by Crippen LogP contribution is -2.55. The SMILES string of the molecule is O=C(c1ccc(F)c(Cl)c1)N1CCCC(N2CCN(c3cccc(Cl)c3)CC2)C1. The molecule has 4 rings (SSSR count). The van der Waals surface area contributed by atoms with E-state index in [1.807, 2.05) is 23.1 Å². The number of likely N-dealkylation sites (tertiary alicyclic amines) is 1. The Morgan fingerprint density at radius 3 is 2.52 bits per heavy atom. The third kappa shape index (κ3) is 4.68. The van der Waals surface area contributed by atoms with E-state index < -0.39 is 5.82 Å². The van der Waals surface area contributed by atoms with Gasteiger partial charge in [-0.05, 0) is 49.2 Å². The number of amides is 1. The Labute approximate surface area is 180 Å². The van der Waals surface area contributed by atoms with Crippen LogP contribution in [0.4, 0.5) is 10.1 Å². The Morgan fingerprint density at radius 2 is 1.79 bits per heavy atom. The van der Waals surface area contributed by atoms with E-state index in [1.165, 1.54) is 18.2 Å². The zero-order valence-corrected chi connectivity index (χ0v) is 17.7. The first-order chi connectivity index (χ1) is 14.0. The Balaban J connectivity index is 1.36. The van der Waals surface area contributed by atoms with Crippen molar-refractivity contribution >= 4 is 34.8 Å². The molecule has 7 heteroatoms. The minimum atomic E-state index is -0.502.